The van der Waals surface area contributed by atoms with Gasteiger partial charge in [-0.3, -0.25) is 14.8 Å². The average molecular weight is 448 g/mol. The lowest BCUT2D eigenvalue weighted by Gasteiger charge is -2.20. The molecule has 0 atom stereocenters. The topological polar surface area (TPSA) is 123 Å². The maximum absolute atomic E-state index is 12.4. The summed E-state index contributed by atoms with van der Waals surface area (Å²) < 4.78 is 6.74. The summed E-state index contributed by atoms with van der Waals surface area (Å²) in [6.07, 6.45) is -0.701. The molecule has 3 N–H and O–H groups in total. The predicted octanol–water partition coefficient (Wildman–Crippen LogP) is 3.37. The third-order valence-electron chi connectivity index (χ3n) is 5.65. The normalized spacial score (nSPS) is 12.6. The number of carbonyl (C=O) groups is 3. The third kappa shape index (κ3) is 4.30. The van der Waals surface area contributed by atoms with Gasteiger partial charge in [0, 0.05) is 19.0 Å². The van der Waals surface area contributed by atoms with Crippen molar-refractivity contribution in [1.82, 2.24) is 15.1 Å². The van der Waals surface area contributed by atoms with Crippen molar-refractivity contribution in [3.63, 3.8) is 0 Å². The molecule has 0 fully saturated rings. The molecule has 0 bridgehead atoms. The predicted molar refractivity (Wildman–Crippen MR) is 121 cm³/mol. The molecule has 1 heterocycles. The van der Waals surface area contributed by atoms with Crippen molar-refractivity contribution < 1.29 is 24.2 Å². The van der Waals surface area contributed by atoms with Crippen molar-refractivity contribution in [2.75, 3.05) is 11.9 Å². The van der Waals surface area contributed by atoms with Crippen LogP contribution >= 0.6 is 0 Å². The van der Waals surface area contributed by atoms with E-state index in [1.807, 2.05) is 36.4 Å². The number of carboxylic acids is 1. The number of carboxylic acid groups (broad SMARTS) is 1. The quantitative estimate of drug-likeness (QED) is 0.531. The molecular weight excluding hydrogens is 424 g/mol. The Labute approximate surface area is 190 Å². The van der Waals surface area contributed by atoms with Crippen LogP contribution in [0.3, 0.4) is 0 Å². The van der Waals surface area contributed by atoms with Crippen molar-refractivity contribution in [3.05, 3.63) is 71.4 Å². The van der Waals surface area contributed by atoms with Gasteiger partial charge in [0.15, 0.2) is 5.82 Å². The largest absolute Gasteiger partial charge is 0.480 e. The lowest BCUT2D eigenvalue weighted by Crippen LogP contribution is -2.50. The fourth-order valence-electron chi connectivity index (χ4n) is 3.88. The number of hydrogen-bond acceptors (Lipinski definition) is 5. The van der Waals surface area contributed by atoms with Gasteiger partial charge in [-0.1, -0.05) is 48.5 Å². The van der Waals surface area contributed by atoms with Crippen LogP contribution in [0.1, 0.15) is 41.4 Å². The number of rotatable bonds is 6. The molecule has 1 aromatic heterocycles. The molecule has 170 valence electrons. The van der Waals surface area contributed by atoms with E-state index in [2.05, 4.69) is 27.9 Å². The maximum atomic E-state index is 12.4. The highest BCUT2D eigenvalue weighted by atomic mass is 16.5. The van der Waals surface area contributed by atoms with E-state index in [1.54, 1.807) is 0 Å². The number of carbonyl (C=O) groups excluding carboxylic acids is 2. The van der Waals surface area contributed by atoms with E-state index in [0.29, 0.717) is 0 Å². The van der Waals surface area contributed by atoms with Gasteiger partial charge in [-0.25, -0.2) is 9.59 Å². The molecule has 2 amide bonds. The van der Waals surface area contributed by atoms with Crippen molar-refractivity contribution in [2.24, 2.45) is 7.05 Å². The molecule has 9 nitrogen and oxygen atoms in total. The Morgan fingerprint density at radius 2 is 1.64 bits per heavy atom. The SMILES string of the molecule is Cn1nc(NC(=O)OCC2c3ccccc3-c3ccccc32)cc1C(=O)NC(C)(C)C(=O)O. The van der Waals surface area contributed by atoms with Crippen LogP contribution in [0.2, 0.25) is 0 Å². The molecule has 0 radical (unpaired) electrons. The van der Waals surface area contributed by atoms with Gasteiger partial charge in [-0.05, 0) is 36.1 Å². The van der Waals surface area contributed by atoms with E-state index in [-0.39, 0.29) is 24.0 Å². The average Bonchev–Trinajstić information content (AvgIpc) is 3.29. The summed E-state index contributed by atoms with van der Waals surface area (Å²) in [6, 6.07) is 17.4. The minimum atomic E-state index is -1.46. The van der Waals surface area contributed by atoms with E-state index >= 15 is 0 Å². The standard InChI is InChI=1S/C24H24N4O5/c1-24(2,22(30)31)26-21(29)19-12-20(27-28(19)3)25-23(32)33-13-18-16-10-6-4-8-14(16)15-9-5-7-11-17(15)18/h4-12,18H,13H2,1-3H3,(H,26,29)(H,30,31)(H,25,27,32). The molecule has 0 saturated carbocycles. The molecule has 1 aliphatic carbocycles. The summed E-state index contributed by atoms with van der Waals surface area (Å²) in [7, 11) is 1.52. The van der Waals surface area contributed by atoms with Gasteiger partial charge in [-0.2, -0.15) is 5.10 Å². The van der Waals surface area contributed by atoms with E-state index in [0.717, 1.165) is 22.3 Å². The van der Waals surface area contributed by atoms with Gasteiger partial charge < -0.3 is 15.2 Å². The van der Waals surface area contributed by atoms with Gasteiger partial charge in [0.1, 0.15) is 17.8 Å². The number of aryl methyl sites for hydroxylation is 1. The second kappa shape index (κ2) is 8.42. The first-order chi connectivity index (χ1) is 15.7. The first-order valence-electron chi connectivity index (χ1n) is 10.4. The van der Waals surface area contributed by atoms with Crippen LogP contribution in [0, 0.1) is 0 Å². The van der Waals surface area contributed by atoms with Crippen LogP contribution in [0.4, 0.5) is 10.6 Å². The summed E-state index contributed by atoms with van der Waals surface area (Å²) in [6.45, 7) is 2.89. The number of aromatic nitrogens is 2. The first kappa shape index (κ1) is 22.1. The van der Waals surface area contributed by atoms with Crippen LogP contribution in [-0.2, 0) is 16.6 Å². The zero-order chi connectivity index (χ0) is 23.8. The number of amides is 2. The molecule has 0 aliphatic heterocycles. The molecule has 4 rings (SSSR count). The van der Waals surface area contributed by atoms with Crippen molar-refractivity contribution in [2.45, 2.75) is 25.3 Å². The first-order valence-corrected chi connectivity index (χ1v) is 10.4. The number of fused-ring (bicyclic) bond motifs is 3. The van der Waals surface area contributed by atoms with E-state index in [9.17, 15) is 19.5 Å². The maximum Gasteiger partial charge on any atom is 0.412 e. The number of aliphatic carboxylic acids is 1. The summed E-state index contributed by atoms with van der Waals surface area (Å²) in [5, 5.41) is 18.2. The fraction of sp³-hybridized carbons (Fsp3) is 0.250. The number of nitrogens with one attached hydrogen (secondary N) is 2. The van der Waals surface area contributed by atoms with Crippen molar-refractivity contribution in [3.8, 4) is 11.1 Å². The number of benzene rings is 2. The molecule has 0 unspecified atom stereocenters. The minimum Gasteiger partial charge on any atom is -0.480 e. The van der Waals surface area contributed by atoms with Gasteiger partial charge in [0.05, 0.1) is 0 Å². The smallest absolute Gasteiger partial charge is 0.412 e. The number of ether oxygens (including phenoxy) is 1. The van der Waals surface area contributed by atoms with E-state index < -0.39 is 23.5 Å². The Hall–Kier alpha value is -4.14. The summed E-state index contributed by atoms with van der Waals surface area (Å²) in [5.41, 5.74) is 3.10. The molecule has 33 heavy (non-hydrogen) atoms. The van der Waals surface area contributed by atoms with Gasteiger partial charge in [0.2, 0.25) is 0 Å². The molecule has 3 aromatic rings. The molecular formula is C24H24N4O5. The molecule has 9 heteroatoms. The minimum absolute atomic E-state index is 0.0773. The highest BCUT2D eigenvalue weighted by Crippen LogP contribution is 2.44. The van der Waals surface area contributed by atoms with Crippen LogP contribution in [0.25, 0.3) is 11.1 Å². The Kier molecular flexibility index (Phi) is 5.63. The molecule has 1 aliphatic rings. The van der Waals surface area contributed by atoms with Crippen LogP contribution in [0.15, 0.2) is 54.6 Å². The lowest BCUT2D eigenvalue weighted by atomic mass is 9.98. The summed E-state index contributed by atoms with van der Waals surface area (Å²) in [4.78, 5) is 36.1. The summed E-state index contributed by atoms with van der Waals surface area (Å²) in [5.74, 6) is -1.76. The van der Waals surface area contributed by atoms with Crippen LogP contribution < -0.4 is 10.6 Å². The monoisotopic (exact) mass is 448 g/mol. The van der Waals surface area contributed by atoms with Crippen molar-refractivity contribution >= 4 is 23.8 Å². The third-order valence-corrected chi connectivity index (χ3v) is 5.65. The Morgan fingerprint density at radius 3 is 2.21 bits per heavy atom. The number of nitrogens with zero attached hydrogens (tertiary/aromatic N) is 2. The highest BCUT2D eigenvalue weighted by Gasteiger charge is 2.31. The van der Waals surface area contributed by atoms with Crippen LogP contribution in [-0.4, -0.2) is 45.0 Å². The second-order valence-electron chi connectivity index (χ2n) is 8.37. The Balaban J connectivity index is 1.42. The summed E-state index contributed by atoms with van der Waals surface area (Å²) >= 11 is 0. The highest BCUT2D eigenvalue weighted by molar-refractivity contribution is 5.97. The molecule has 2 aromatic carbocycles. The van der Waals surface area contributed by atoms with Gasteiger partial charge in [-0.15, -0.1) is 0 Å². The Morgan fingerprint density at radius 1 is 1.06 bits per heavy atom. The van der Waals surface area contributed by atoms with Gasteiger partial charge >= 0.3 is 12.1 Å². The van der Waals surface area contributed by atoms with Crippen molar-refractivity contribution in [1.29, 1.82) is 0 Å². The molecule has 0 saturated heterocycles. The lowest BCUT2D eigenvalue weighted by molar-refractivity contribution is -0.143. The Bertz CT molecular complexity index is 1200. The second-order valence-corrected chi connectivity index (χ2v) is 8.37. The van der Waals surface area contributed by atoms with E-state index in [4.69, 9.17) is 4.74 Å². The number of hydrogen-bond donors (Lipinski definition) is 3. The fourth-order valence-corrected chi connectivity index (χ4v) is 3.88. The number of anilines is 1. The zero-order valence-electron chi connectivity index (χ0n) is 18.5. The molecule has 0 spiro atoms. The van der Waals surface area contributed by atoms with Gasteiger partial charge in [0.25, 0.3) is 5.91 Å². The van der Waals surface area contributed by atoms with Crippen LogP contribution in [0.5, 0.6) is 0 Å². The van der Waals surface area contributed by atoms with E-state index in [1.165, 1.54) is 31.6 Å². The zero-order valence-corrected chi connectivity index (χ0v) is 18.5.